The first-order valence-electron chi connectivity index (χ1n) is 7.95. The fourth-order valence-electron chi connectivity index (χ4n) is 3.51. The Bertz CT molecular complexity index is 1130. The highest BCUT2D eigenvalue weighted by Crippen LogP contribution is 2.31. The Morgan fingerprint density at radius 2 is 1.79 bits per heavy atom. The maximum atomic E-state index is 7.27. The lowest BCUT2D eigenvalue weighted by Gasteiger charge is -2.04. The van der Waals surface area contributed by atoms with Gasteiger partial charge in [0.1, 0.15) is 11.2 Å². The highest BCUT2D eigenvalue weighted by atomic mass is 15.4. The van der Waals surface area contributed by atoms with Gasteiger partial charge in [-0.2, -0.15) is 0 Å². The van der Waals surface area contributed by atoms with Crippen LogP contribution < -0.4 is 4.68 Å². The summed E-state index contributed by atoms with van der Waals surface area (Å²) in [7, 11) is 0. The third kappa shape index (κ3) is 1.80. The van der Waals surface area contributed by atoms with E-state index >= 15 is 0 Å². The zero-order chi connectivity index (χ0) is 16.1. The maximum Gasteiger partial charge on any atom is 0.204 e. The molecule has 0 aliphatic carbocycles. The smallest absolute Gasteiger partial charge is 0.204 e. The van der Waals surface area contributed by atoms with Gasteiger partial charge in [0.15, 0.2) is 12.2 Å². The summed E-state index contributed by atoms with van der Waals surface area (Å²) in [6.45, 7) is 8.14. The molecule has 0 saturated heterocycles. The standard InChI is InChI=1S/C21H14N3/c1-22-19-10-9-18-14-23-13-17-8-7-16(15-5-3-2-4-6-15)11-20(17)24(23)21(18)12-19/h2-12,14H,13H2/q+1. The van der Waals surface area contributed by atoms with Crippen molar-refractivity contribution in [2.75, 3.05) is 0 Å². The number of hydrogen-bond donors (Lipinski definition) is 0. The molecule has 24 heavy (non-hydrogen) atoms. The molecule has 2 heterocycles. The second kappa shape index (κ2) is 4.81. The fraction of sp³-hybridized carbons (Fsp3) is 0.0476. The molecule has 0 spiro atoms. The van der Waals surface area contributed by atoms with E-state index in [9.17, 15) is 0 Å². The molecular weight excluding hydrogens is 294 g/mol. The van der Waals surface area contributed by atoms with E-state index in [-0.39, 0.29) is 0 Å². The monoisotopic (exact) mass is 308 g/mol. The topological polar surface area (TPSA) is 13.2 Å². The van der Waals surface area contributed by atoms with Crippen LogP contribution >= 0.6 is 0 Å². The van der Waals surface area contributed by atoms with Crippen molar-refractivity contribution in [3.05, 3.63) is 89.9 Å². The van der Waals surface area contributed by atoms with E-state index < -0.39 is 0 Å². The first kappa shape index (κ1) is 13.1. The Hall–Kier alpha value is -3.38. The van der Waals surface area contributed by atoms with Gasteiger partial charge < -0.3 is 0 Å². The Labute approximate surface area is 139 Å². The summed E-state index contributed by atoms with van der Waals surface area (Å²) in [5.41, 5.74) is 6.71. The van der Waals surface area contributed by atoms with Gasteiger partial charge >= 0.3 is 0 Å². The van der Waals surface area contributed by atoms with Crippen LogP contribution in [0.3, 0.4) is 0 Å². The first-order chi connectivity index (χ1) is 11.8. The quantitative estimate of drug-likeness (QED) is 0.320. The molecule has 1 aliphatic rings. The molecular formula is C21H14N3+. The van der Waals surface area contributed by atoms with Crippen molar-refractivity contribution in [1.82, 2.24) is 4.68 Å². The third-order valence-corrected chi connectivity index (χ3v) is 4.67. The number of hydrogen-bond acceptors (Lipinski definition) is 0. The molecule has 0 bridgehead atoms. The van der Waals surface area contributed by atoms with Crippen LogP contribution in [-0.4, -0.2) is 4.68 Å². The van der Waals surface area contributed by atoms with Gasteiger partial charge in [-0.3, -0.25) is 0 Å². The average Bonchev–Trinajstić information content (AvgIpc) is 3.17. The third-order valence-electron chi connectivity index (χ3n) is 4.67. The molecule has 5 rings (SSSR count). The van der Waals surface area contributed by atoms with Gasteiger partial charge in [-0.1, -0.05) is 48.5 Å². The molecule has 3 nitrogen and oxygen atoms in total. The molecule has 3 heteroatoms. The summed E-state index contributed by atoms with van der Waals surface area (Å²) in [5, 5.41) is 1.16. The summed E-state index contributed by atoms with van der Waals surface area (Å²) in [6.07, 6.45) is 2.16. The van der Waals surface area contributed by atoms with Crippen LogP contribution in [0, 0.1) is 6.57 Å². The van der Waals surface area contributed by atoms with E-state index in [4.69, 9.17) is 6.57 Å². The molecule has 0 atom stereocenters. The second-order valence-corrected chi connectivity index (χ2v) is 6.10. The van der Waals surface area contributed by atoms with Gasteiger partial charge in [0, 0.05) is 5.56 Å². The largest absolute Gasteiger partial charge is 0.238 e. The van der Waals surface area contributed by atoms with Crippen LogP contribution in [0.5, 0.6) is 0 Å². The lowest BCUT2D eigenvalue weighted by molar-refractivity contribution is -0.749. The van der Waals surface area contributed by atoms with Crippen LogP contribution in [0.4, 0.5) is 5.69 Å². The summed E-state index contributed by atoms with van der Waals surface area (Å²) in [4.78, 5) is 3.57. The summed E-state index contributed by atoms with van der Waals surface area (Å²) < 4.78 is 4.45. The van der Waals surface area contributed by atoms with Crippen molar-refractivity contribution in [3.8, 4) is 16.8 Å². The van der Waals surface area contributed by atoms with Crippen LogP contribution in [0.1, 0.15) is 5.56 Å². The number of benzene rings is 3. The molecule has 0 fully saturated rings. The minimum absolute atomic E-state index is 0.677. The summed E-state index contributed by atoms with van der Waals surface area (Å²) in [6, 6.07) is 23.0. The molecule has 1 aliphatic heterocycles. The van der Waals surface area contributed by atoms with Crippen molar-refractivity contribution in [1.29, 1.82) is 0 Å². The molecule has 3 aromatic carbocycles. The normalized spacial score (nSPS) is 12.0. The number of nitrogens with zero attached hydrogens (tertiary/aromatic N) is 3. The van der Waals surface area contributed by atoms with Crippen LogP contribution in [-0.2, 0) is 6.54 Å². The Balaban J connectivity index is 1.75. The second-order valence-electron chi connectivity index (χ2n) is 6.10. The van der Waals surface area contributed by atoms with Crippen molar-refractivity contribution >= 4 is 16.6 Å². The minimum atomic E-state index is 0.677. The van der Waals surface area contributed by atoms with Crippen LogP contribution in [0.25, 0.3) is 32.6 Å². The van der Waals surface area contributed by atoms with Crippen molar-refractivity contribution < 1.29 is 4.68 Å². The van der Waals surface area contributed by atoms with E-state index in [0.29, 0.717) is 5.69 Å². The first-order valence-corrected chi connectivity index (χ1v) is 7.95. The highest BCUT2D eigenvalue weighted by molar-refractivity contribution is 5.84. The van der Waals surface area contributed by atoms with Gasteiger partial charge in [-0.05, 0) is 29.3 Å². The molecule has 0 unspecified atom stereocenters. The lowest BCUT2D eigenvalue weighted by Crippen LogP contribution is -2.36. The van der Waals surface area contributed by atoms with E-state index in [1.807, 2.05) is 24.3 Å². The zero-order valence-electron chi connectivity index (χ0n) is 13.0. The van der Waals surface area contributed by atoms with Gasteiger partial charge in [-0.25, -0.2) is 4.85 Å². The predicted molar refractivity (Wildman–Crippen MR) is 94.3 cm³/mol. The van der Waals surface area contributed by atoms with Gasteiger partial charge in [0.2, 0.25) is 6.20 Å². The van der Waals surface area contributed by atoms with Gasteiger partial charge in [0.05, 0.1) is 12.0 Å². The Morgan fingerprint density at radius 3 is 2.62 bits per heavy atom. The average molecular weight is 308 g/mol. The zero-order valence-corrected chi connectivity index (χ0v) is 13.0. The summed E-state index contributed by atoms with van der Waals surface area (Å²) >= 11 is 0. The van der Waals surface area contributed by atoms with E-state index in [1.54, 1.807) is 0 Å². The predicted octanol–water partition coefficient (Wildman–Crippen LogP) is 4.50. The SMILES string of the molecule is [C-]#[N+]c1ccc2c[n+]3n(c2c1)-c1cc(-c2ccccc2)ccc1C3. The summed E-state index contributed by atoms with van der Waals surface area (Å²) in [5.74, 6) is 0. The molecule has 4 aromatic rings. The van der Waals surface area contributed by atoms with Crippen LogP contribution in [0.2, 0.25) is 0 Å². The highest BCUT2D eigenvalue weighted by Gasteiger charge is 2.28. The molecule has 0 amide bonds. The Morgan fingerprint density at radius 1 is 0.917 bits per heavy atom. The van der Waals surface area contributed by atoms with Crippen molar-refractivity contribution in [2.45, 2.75) is 6.54 Å². The van der Waals surface area contributed by atoms with Gasteiger partial charge in [0.25, 0.3) is 0 Å². The number of aromatic nitrogens is 2. The number of rotatable bonds is 1. The van der Waals surface area contributed by atoms with Gasteiger partial charge in [-0.15, -0.1) is 9.36 Å². The van der Waals surface area contributed by atoms with E-state index in [0.717, 1.165) is 17.4 Å². The molecule has 0 N–H and O–H groups in total. The minimum Gasteiger partial charge on any atom is -0.238 e. The van der Waals surface area contributed by atoms with E-state index in [2.05, 4.69) is 62.9 Å². The number of fused-ring (bicyclic) bond motifs is 5. The molecule has 0 saturated carbocycles. The molecule has 1 aromatic heterocycles. The molecule has 112 valence electrons. The maximum absolute atomic E-state index is 7.27. The van der Waals surface area contributed by atoms with E-state index in [1.165, 1.54) is 22.4 Å². The lowest BCUT2D eigenvalue weighted by atomic mass is 10.0. The van der Waals surface area contributed by atoms with Crippen molar-refractivity contribution in [2.24, 2.45) is 0 Å². The van der Waals surface area contributed by atoms with Crippen LogP contribution in [0.15, 0.2) is 72.9 Å². The fourth-order valence-corrected chi connectivity index (χ4v) is 3.51. The Kier molecular flexibility index (Phi) is 2.62. The van der Waals surface area contributed by atoms with Crippen molar-refractivity contribution in [3.63, 3.8) is 0 Å². The molecule has 0 radical (unpaired) electrons.